The zero-order valence-corrected chi connectivity index (χ0v) is 6.86. The maximum Gasteiger partial charge on any atom is 0.121 e. The van der Waals surface area contributed by atoms with Crippen LogP contribution in [0.2, 0.25) is 0 Å². The average molecular weight is 171 g/mol. The molecule has 0 saturated carbocycles. The van der Waals surface area contributed by atoms with Crippen molar-refractivity contribution in [2.45, 2.75) is 25.6 Å². The minimum Gasteiger partial charge on any atom is -0.510 e. The molecule has 0 aromatic heterocycles. The van der Waals surface area contributed by atoms with Gasteiger partial charge in [0, 0.05) is 12.1 Å². The molecule has 2 atom stereocenters. The molecule has 1 aliphatic carbocycles. The topological polar surface area (TPSA) is 86.7 Å². The highest BCUT2D eigenvalue weighted by atomic mass is 16.3. The summed E-state index contributed by atoms with van der Waals surface area (Å²) in [5.41, 5.74) is 6.41. The third kappa shape index (κ3) is 1.60. The van der Waals surface area contributed by atoms with Gasteiger partial charge in [-0.15, -0.1) is 0 Å². The van der Waals surface area contributed by atoms with Crippen molar-refractivity contribution in [2.24, 2.45) is 5.73 Å². The Morgan fingerprint density at radius 2 is 2.00 bits per heavy atom. The molecular formula is C8H13NO3. The van der Waals surface area contributed by atoms with E-state index in [2.05, 4.69) is 0 Å². The zero-order valence-electron chi connectivity index (χ0n) is 6.86. The number of aliphatic hydroxyl groups excluding tert-OH is 3. The van der Waals surface area contributed by atoms with E-state index in [9.17, 15) is 15.3 Å². The van der Waals surface area contributed by atoms with E-state index in [-0.39, 0.29) is 12.2 Å². The van der Waals surface area contributed by atoms with E-state index in [1.165, 1.54) is 6.08 Å². The van der Waals surface area contributed by atoms with Crippen LogP contribution >= 0.6 is 0 Å². The third-order valence-electron chi connectivity index (χ3n) is 1.97. The lowest BCUT2D eigenvalue weighted by molar-refractivity contribution is 0.0928. The van der Waals surface area contributed by atoms with Crippen LogP contribution in [0.25, 0.3) is 0 Å². The van der Waals surface area contributed by atoms with E-state index >= 15 is 0 Å². The average Bonchev–Trinajstić information content (AvgIpc) is 2.07. The van der Waals surface area contributed by atoms with E-state index in [0.717, 1.165) is 0 Å². The lowest BCUT2D eigenvalue weighted by Gasteiger charge is -2.12. The summed E-state index contributed by atoms with van der Waals surface area (Å²) in [7, 11) is 0. The van der Waals surface area contributed by atoms with Gasteiger partial charge in [-0.2, -0.15) is 0 Å². The highest BCUT2D eigenvalue weighted by molar-refractivity contribution is 5.29. The predicted molar refractivity (Wildman–Crippen MR) is 44.2 cm³/mol. The molecule has 1 aliphatic rings. The van der Waals surface area contributed by atoms with Crippen molar-refractivity contribution in [3.05, 3.63) is 23.1 Å². The van der Waals surface area contributed by atoms with Crippen LogP contribution in [0.5, 0.6) is 0 Å². The van der Waals surface area contributed by atoms with E-state index in [1.807, 2.05) is 0 Å². The second-order valence-corrected chi connectivity index (χ2v) is 2.97. The van der Waals surface area contributed by atoms with Gasteiger partial charge >= 0.3 is 0 Å². The Hall–Kier alpha value is -1.00. The first-order valence-electron chi connectivity index (χ1n) is 3.75. The second-order valence-electron chi connectivity index (χ2n) is 2.97. The first kappa shape index (κ1) is 9.09. The molecule has 0 aliphatic heterocycles. The van der Waals surface area contributed by atoms with Crippen molar-refractivity contribution in [3.8, 4) is 0 Å². The quantitative estimate of drug-likeness (QED) is 0.406. The number of nitrogens with two attached hydrogens (primary N) is 1. The van der Waals surface area contributed by atoms with Crippen molar-refractivity contribution in [1.82, 2.24) is 0 Å². The summed E-state index contributed by atoms with van der Waals surface area (Å²) in [6.07, 6.45) is -0.473. The minimum atomic E-state index is -1.02. The first-order valence-corrected chi connectivity index (χ1v) is 3.75. The van der Waals surface area contributed by atoms with Crippen LogP contribution in [0.15, 0.2) is 23.1 Å². The van der Waals surface area contributed by atoms with Gasteiger partial charge in [-0.25, -0.2) is 0 Å². The molecule has 0 aromatic carbocycles. The van der Waals surface area contributed by atoms with Gasteiger partial charge in [-0.1, -0.05) is 0 Å². The molecule has 0 heterocycles. The lowest BCUT2D eigenvalue weighted by atomic mass is 10.1. The molecule has 0 fully saturated rings. The number of hydrogen-bond acceptors (Lipinski definition) is 4. The highest BCUT2D eigenvalue weighted by Gasteiger charge is 2.21. The maximum absolute atomic E-state index is 9.33. The number of allylic oxidation sites excluding steroid dienone is 2. The van der Waals surface area contributed by atoms with Gasteiger partial charge in [0.05, 0.1) is 6.10 Å². The number of hydrogen-bond donors (Lipinski definition) is 4. The Labute approximate surface area is 70.6 Å². The number of rotatable bonds is 0. The third-order valence-corrected chi connectivity index (χ3v) is 1.97. The van der Waals surface area contributed by atoms with E-state index in [1.54, 1.807) is 6.92 Å². The fraction of sp³-hybridized carbons (Fsp3) is 0.500. The fourth-order valence-electron chi connectivity index (χ4n) is 1.12. The van der Waals surface area contributed by atoms with E-state index in [4.69, 9.17) is 5.73 Å². The molecule has 5 N–H and O–H groups in total. The Morgan fingerprint density at radius 3 is 2.58 bits per heavy atom. The monoisotopic (exact) mass is 171 g/mol. The van der Waals surface area contributed by atoms with Crippen molar-refractivity contribution in [1.29, 1.82) is 0 Å². The van der Waals surface area contributed by atoms with Crippen LogP contribution < -0.4 is 5.73 Å². The summed E-state index contributed by atoms with van der Waals surface area (Å²) in [5, 5.41) is 27.7. The first-order chi connectivity index (χ1) is 5.52. The van der Waals surface area contributed by atoms with Gasteiger partial charge in [-0.05, 0) is 18.6 Å². The number of aliphatic hydroxyl groups is 3. The molecule has 12 heavy (non-hydrogen) atoms. The molecular weight excluding hydrogens is 158 g/mol. The Morgan fingerprint density at radius 1 is 1.42 bits per heavy atom. The molecule has 1 rings (SSSR count). The smallest absolute Gasteiger partial charge is 0.121 e. The van der Waals surface area contributed by atoms with Gasteiger partial charge in [0.1, 0.15) is 11.9 Å². The maximum atomic E-state index is 9.33. The molecule has 0 aromatic rings. The molecule has 0 saturated heterocycles. The van der Waals surface area contributed by atoms with Crippen molar-refractivity contribution < 1.29 is 15.3 Å². The summed E-state index contributed by atoms with van der Waals surface area (Å²) < 4.78 is 0. The summed E-state index contributed by atoms with van der Waals surface area (Å²) in [5.74, 6) is -0.146. The van der Waals surface area contributed by atoms with Crippen LogP contribution in [-0.4, -0.2) is 27.5 Å². The van der Waals surface area contributed by atoms with Gasteiger partial charge in [-0.3, -0.25) is 0 Å². The summed E-state index contributed by atoms with van der Waals surface area (Å²) in [6.45, 7) is 1.67. The Bertz CT molecular complexity index is 245. The molecule has 0 amide bonds. The van der Waals surface area contributed by atoms with Gasteiger partial charge in [0.15, 0.2) is 0 Å². The lowest BCUT2D eigenvalue weighted by Crippen LogP contribution is -2.23. The van der Waals surface area contributed by atoms with Crippen LogP contribution in [0.4, 0.5) is 0 Å². The van der Waals surface area contributed by atoms with Crippen LogP contribution in [-0.2, 0) is 0 Å². The summed E-state index contributed by atoms with van der Waals surface area (Å²) in [4.78, 5) is 0. The standard InChI is InChI=1S/C8H13NO3/c1-4-2-5(10)6(11)3-7(12)8(4)9/h2,6-7,10-12H,3,9H2,1H3. The van der Waals surface area contributed by atoms with Crippen LogP contribution in [0, 0.1) is 0 Å². The predicted octanol–water partition coefficient (Wildman–Crippen LogP) is -0.213. The molecule has 0 spiro atoms. The van der Waals surface area contributed by atoms with Crippen molar-refractivity contribution in [2.75, 3.05) is 0 Å². The molecule has 4 heteroatoms. The zero-order chi connectivity index (χ0) is 9.30. The Kier molecular flexibility index (Phi) is 2.40. The largest absolute Gasteiger partial charge is 0.510 e. The van der Waals surface area contributed by atoms with Crippen molar-refractivity contribution in [3.63, 3.8) is 0 Å². The van der Waals surface area contributed by atoms with Crippen LogP contribution in [0.3, 0.4) is 0 Å². The molecule has 2 unspecified atom stereocenters. The van der Waals surface area contributed by atoms with Gasteiger partial charge in [0.25, 0.3) is 0 Å². The van der Waals surface area contributed by atoms with Crippen molar-refractivity contribution >= 4 is 0 Å². The highest BCUT2D eigenvalue weighted by Crippen LogP contribution is 2.19. The SMILES string of the molecule is CC1=C(N)C(O)CC(O)C(O)=C1. The van der Waals surface area contributed by atoms with E-state index in [0.29, 0.717) is 11.3 Å². The second kappa shape index (κ2) is 3.16. The molecule has 68 valence electrons. The van der Waals surface area contributed by atoms with Crippen LogP contribution in [0.1, 0.15) is 13.3 Å². The van der Waals surface area contributed by atoms with E-state index < -0.39 is 12.2 Å². The molecule has 0 bridgehead atoms. The summed E-state index contributed by atoms with van der Waals surface area (Å²) in [6, 6.07) is 0. The Balaban J connectivity index is 2.97. The van der Waals surface area contributed by atoms with Gasteiger partial charge < -0.3 is 21.1 Å². The summed E-state index contributed by atoms with van der Waals surface area (Å²) >= 11 is 0. The fourth-order valence-corrected chi connectivity index (χ4v) is 1.12. The molecule has 4 nitrogen and oxygen atoms in total. The minimum absolute atomic E-state index is 0.0471. The molecule has 0 radical (unpaired) electrons. The normalized spacial score (nSPS) is 31.4. The van der Waals surface area contributed by atoms with Gasteiger partial charge in [0.2, 0.25) is 0 Å².